The van der Waals surface area contributed by atoms with Crippen molar-refractivity contribution >= 4 is 5.91 Å². The first-order chi connectivity index (χ1) is 11.6. The van der Waals surface area contributed by atoms with Gasteiger partial charge >= 0.3 is 0 Å². The highest BCUT2D eigenvalue weighted by atomic mass is 16.5. The number of hydrogen-bond donors (Lipinski definition) is 1. The Balaban J connectivity index is 1.77. The number of pyridine rings is 1. The van der Waals surface area contributed by atoms with Crippen LogP contribution in [0.3, 0.4) is 0 Å². The number of hydrogen-bond acceptors (Lipinski definition) is 5. The predicted molar refractivity (Wildman–Crippen MR) is 89.4 cm³/mol. The minimum Gasteiger partial charge on any atom is -0.481 e. The van der Waals surface area contributed by atoms with Gasteiger partial charge in [-0.15, -0.1) is 0 Å². The Kier molecular flexibility index (Phi) is 4.80. The molecule has 0 spiro atoms. The van der Waals surface area contributed by atoms with Gasteiger partial charge in [-0.3, -0.25) is 9.48 Å². The average molecular weight is 329 g/mol. The highest BCUT2D eigenvalue weighted by Gasteiger charge is 2.35. The van der Waals surface area contributed by atoms with E-state index in [1.54, 1.807) is 13.3 Å². The molecule has 0 saturated carbocycles. The molecule has 0 bridgehead atoms. The molecule has 3 heterocycles. The number of piperidine rings is 1. The zero-order valence-corrected chi connectivity index (χ0v) is 14.3. The summed E-state index contributed by atoms with van der Waals surface area (Å²) in [6.45, 7) is 0.623. The van der Waals surface area contributed by atoms with E-state index in [4.69, 9.17) is 4.74 Å². The predicted octanol–water partition coefficient (Wildman–Crippen LogP) is 1.28. The number of nitrogens with one attached hydrogen (secondary N) is 1. The molecule has 1 amide bonds. The highest BCUT2D eigenvalue weighted by molar-refractivity contribution is 5.77. The summed E-state index contributed by atoms with van der Waals surface area (Å²) in [6.07, 6.45) is 3.11. The van der Waals surface area contributed by atoms with E-state index in [2.05, 4.69) is 15.4 Å². The number of likely N-dealkylation sites (N-methyl/N-ethyl adjacent to an activating group) is 1. The number of aryl methyl sites for hydroxylation is 1. The van der Waals surface area contributed by atoms with Crippen molar-refractivity contribution < 1.29 is 9.53 Å². The van der Waals surface area contributed by atoms with E-state index in [1.165, 1.54) is 0 Å². The lowest BCUT2D eigenvalue weighted by atomic mass is 9.93. The molecule has 7 heteroatoms. The van der Waals surface area contributed by atoms with Crippen molar-refractivity contribution in [1.82, 2.24) is 25.0 Å². The third kappa shape index (κ3) is 3.26. The molecule has 1 saturated heterocycles. The Hall–Kier alpha value is -2.41. The minimum atomic E-state index is -0.0376. The summed E-state index contributed by atoms with van der Waals surface area (Å²) in [5.41, 5.74) is 1.94. The van der Waals surface area contributed by atoms with Crippen LogP contribution in [0.4, 0.5) is 0 Å². The van der Waals surface area contributed by atoms with Crippen molar-refractivity contribution in [1.29, 1.82) is 0 Å². The third-order valence-electron chi connectivity index (χ3n) is 4.56. The molecule has 0 aromatic carbocycles. The molecule has 2 aromatic rings. The van der Waals surface area contributed by atoms with Crippen LogP contribution in [0.2, 0.25) is 0 Å². The lowest BCUT2D eigenvalue weighted by Crippen LogP contribution is -2.49. The van der Waals surface area contributed by atoms with Crippen LogP contribution in [0, 0.1) is 0 Å². The fraction of sp³-hybridized carbons (Fsp3) is 0.471. The quantitative estimate of drug-likeness (QED) is 0.894. The smallest absolute Gasteiger partial charge is 0.222 e. The normalized spacial score (nSPS) is 21.1. The highest BCUT2D eigenvalue weighted by Crippen LogP contribution is 2.30. The lowest BCUT2D eigenvalue weighted by Gasteiger charge is -2.39. The van der Waals surface area contributed by atoms with Crippen molar-refractivity contribution in [3.63, 3.8) is 0 Å². The van der Waals surface area contributed by atoms with Gasteiger partial charge in [0.15, 0.2) is 0 Å². The van der Waals surface area contributed by atoms with Gasteiger partial charge in [-0.25, -0.2) is 4.98 Å². The van der Waals surface area contributed by atoms with Crippen LogP contribution in [-0.2, 0) is 18.4 Å². The third-order valence-corrected chi connectivity index (χ3v) is 4.56. The number of nitrogens with zero attached hydrogens (tertiary/aromatic N) is 4. The fourth-order valence-electron chi connectivity index (χ4n) is 3.24. The molecule has 24 heavy (non-hydrogen) atoms. The Morgan fingerprint density at radius 2 is 2.17 bits per heavy atom. The molecule has 2 atom stereocenters. The van der Waals surface area contributed by atoms with E-state index in [1.807, 2.05) is 47.9 Å². The van der Waals surface area contributed by atoms with Crippen LogP contribution in [0.5, 0.6) is 5.88 Å². The second kappa shape index (κ2) is 7.00. The van der Waals surface area contributed by atoms with Gasteiger partial charge in [-0.05, 0) is 18.6 Å². The number of methoxy groups -OCH3 is 1. The number of rotatable bonds is 5. The lowest BCUT2D eigenvalue weighted by molar-refractivity contribution is -0.136. The van der Waals surface area contributed by atoms with Crippen molar-refractivity contribution in [2.45, 2.75) is 31.5 Å². The van der Waals surface area contributed by atoms with Crippen LogP contribution in [0.15, 0.2) is 30.5 Å². The maximum atomic E-state index is 12.2. The van der Waals surface area contributed by atoms with Crippen molar-refractivity contribution in [3.8, 4) is 5.88 Å². The summed E-state index contributed by atoms with van der Waals surface area (Å²) in [5, 5.41) is 7.80. The zero-order chi connectivity index (χ0) is 17.1. The number of likely N-dealkylation sites (tertiary alicyclic amines) is 1. The van der Waals surface area contributed by atoms with Gasteiger partial charge < -0.3 is 15.0 Å². The number of carbonyl (C=O) groups is 1. The molecule has 1 fully saturated rings. The van der Waals surface area contributed by atoms with Crippen LogP contribution < -0.4 is 10.1 Å². The Bertz CT molecular complexity index is 715. The molecule has 1 aliphatic heterocycles. The summed E-state index contributed by atoms with van der Waals surface area (Å²) in [7, 11) is 5.38. The zero-order valence-electron chi connectivity index (χ0n) is 14.3. The van der Waals surface area contributed by atoms with Crippen molar-refractivity contribution in [3.05, 3.63) is 41.9 Å². The van der Waals surface area contributed by atoms with Crippen LogP contribution >= 0.6 is 0 Å². The molecule has 0 unspecified atom stereocenters. The standard InChI is InChI=1S/C17H23N5O2/c1-21-16(23)8-7-13(17(21)14-9-10-19-22(14)2)18-11-12-5-4-6-15(20-12)24-3/h4-6,9-10,13,17-18H,7-8,11H2,1-3H3/t13-,17-/m1/s1. The Labute approximate surface area is 141 Å². The van der Waals surface area contributed by atoms with Gasteiger partial charge in [0, 0.05) is 45.4 Å². The molecule has 2 aromatic heterocycles. The summed E-state index contributed by atoms with van der Waals surface area (Å²) in [5.74, 6) is 0.771. The van der Waals surface area contributed by atoms with Gasteiger partial charge in [0.1, 0.15) is 0 Å². The van der Waals surface area contributed by atoms with E-state index in [-0.39, 0.29) is 18.0 Å². The maximum Gasteiger partial charge on any atom is 0.222 e. The first-order valence-electron chi connectivity index (χ1n) is 8.07. The SMILES string of the molecule is COc1cccc(CN[C@@H]2CCC(=O)N(C)[C@H]2c2ccnn2C)n1. The molecule has 7 nitrogen and oxygen atoms in total. The maximum absolute atomic E-state index is 12.2. The number of amides is 1. The van der Waals surface area contributed by atoms with E-state index >= 15 is 0 Å². The van der Waals surface area contributed by atoms with E-state index in [9.17, 15) is 4.79 Å². The van der Waals surface area contributed by atoms with Crippen LogP contribution in [0.25, 0.3) is 0 Å². The molecule has 1 aliphatic rings. The topological polar surface area (TPSA) is 72.3 Å². The van der Waals surface area contributed by atoms with E-state index < -0.39 is 0 Å². The van der Waals surface area contributed by atoms with Gasteiger partial charge in [0.05, 0.1) is 24.5 Å². The summed E-state index contributed by atoms with van der Waals surface area (Å²) in [4.78, 5) is 18.4. The Morgan fingerprint density at radius 3 is 2.88 bits per heavy atom. The van der Waals surface area contributed by atoms with Crippen molar-refractivity contribution in [2.24, 2.45) is 7.05 Å². The average Bonchev–Trinajstić information content (AvgIpc) is 3.01. The largest absolute Gasteiger partial charge is 0.481 e. The van der Waals surface area contributed by atoms with E-state index in [0.29, 0.717) is 18.8 Å². The molecule has 3 rings (SSSR count). The van der Waals surface area contributed by atoms with Crippen LogP contribution in [0.1, 0.15) is 30.3 Å². The molecular weight excluding hydrogens is 306 g/mol. The molecule has 0 aliphatic carbocycles. The molecular formula is C17H23N5O2. The monoisotopic (exact) mass is 329 g/mol. The van der Waals surface area contributed by atoms with Gasteiger partial charge in [-0.2, -0.15) is 5.10 Å². The molecule has 128 valence electrons. The number of aromatic nitrogens is 3. The van der Waals surface area contributed by atoms with Crippen molar-refractivity contribution in [2.75, 3.05) is 14.2 Å². The van der Waals surface area contributed by atoms with Gasteiger partial charge in [-0.1, -0.05) is 6.07 Å². The first kappa shape index (κ1) is 16.4. The summed E-state index contributed by atoms with van der Waals surface area (Å²) >= 11 is 0. The second-order valence-corrected chi connectivity index (χ2v) is 6.03. The fourth-order valence-corrected chi connectivity index (χ4v) is 3.24. The minimum absolute atomic E-state index is 0.0376. The molecule has 1 N–H and O–H groups in total. The van der Waals surface area contributed by atoms with E-state index in [0.717, 1.165) is 17.8 Å². The second-order valence-electron chi connectivity index (χ2n) is 6.03. The van der Waals surface area contributed by atoms with Crippen LogP contribution in [-0.4, -0.2) is 45.8 Å². The van der Waals surface area contributed by atoms with Gasteiger partial charge in [0.25, 0.3) is 0 Å². The Morgan fingerprint density at radius 1 is 1.33 bits per heavy atom. The summed E-state index contributed by atoms with van der Waals surface area (Å²) in [6, 6.07) is 7.80. The van der Waals surface area contributed by atoms with Gasteiger partial charge in [0.2, 0.25) is 11.8 Å². The number of ether oxygens (including phenoxy) is 1. The number of carbonyl (C=O) groups excluding carboxylic acids is 1. The first-order valence-corrected chi connectivity index (χ1v) is 8.07. The summed E-state index contributed by atoms with van der Waals surface area (Å²) < 4.78 is 7.00. The molecule has 0 radical (unpaired) electrons.